The number of rotatable bonds is 5. The van der Waals surface area contributed by atoms with E-state index in [-0.39, 0.29) is 12.6 Å². The SMILES string of the molecule is CC(C)NCc1ccc(Br)cc1N1CCCCCC1CO. The molecule has 1 aromatic rings. The number of benzene rings is 1. The minimum atomic E-state index is 0.240. The first-order valence-corrected chi connectivity index (χ1v) is 8.80. The van der Waals surface area contributed by atoms with Crippen molar-refractivity contribution in [2.24, 2.45) is 0 Å². The molecule has 2 rings (SSSR count). The number of aliphatic hydroxyl groups excluding tert-OH is 1. The molecule has 1 saturated heterocycles. The molecule has 1 aliphatic heterocycles. The van der Waals surface area contributed by atoms with E-state index in [4.69, 9.17) is 0 Å². The third-order valence-electron chi connectivity index (χ3n) is 4.15. The van der Waals surface area contributed by atoms with Gasteiger partial charge in [-0.15, -0.1) is 0 Å². The Bertz CT molecular complexity index is 450. The molecule has 2 N–H and O–H groups in total. The largest absolute Gasteiger partial charge is 0.394 e. The fourth-order valence-electron chi connectivity index (χ4n) is 2.95. The summed E-state index contributed by atoms with van der Waals surface area (Å²) < 4.78 is 1.10. The third-order valence-corrected chi connectivity index (χ3v) is 4.64. The molecule has 0 saturated carbocycles. The van der Waals surface area contributed by atoms with Crippen LogP contribution in [0.25, 0.3) is 0 Å². The predicted molar refractivity (Wildman–Crippen MR) is 92.8 cm³/mol. The number of aliphatic hydroxyl groups is 1. The third kappa shape index (κ3) is 4.70. The van der Waals surface area contributed by atoms with Crippen molar-refractivity contribution < 1.29 is 5.11 Å². The van der Waals surface area contributed by atoms with Crippen molar-refractivity contribution in [1.29, 1.82) is 0 Å². The molecule has 1 aliphatic rings. The molecule has 1 aromatic carbocycles. The minimum absolute atomic E-state index is 0.240. The molecule has 1 fully saturated rings. The topological polar surface area (TPSA) is 35.5 Å². The lowest BCUT2D eigenvalue weighted by Gasteiger charge is -2.33. The van der Waals surface area contributed by atoms with Crippen molar-refractivity contribution in [2.45, 2.75) is 58.2 Å². The molecule has 1 heterocycles. The highest BCUT2D eigenvalue weighted by Crippen LogP contribution is 2.30. The van der Waals surface area contributed by atoms with Gasteiger partial charge in [-0.3, -0.25) is 0 Å². The van der Waals surface area contributed by atoms with Crippen molar-refractivity contribution in [3.05, 3.63) is 28.2 Å². The first-order chi connectivity index (χ1) is 10.1. The second-order valence-electron chi connectivity index (χ2n) is 6.19. The van der Waals surface area contributed by atoms with E-state index in [0.29, 0.717) is 6.04 Å². The van der Waals surface area contributed by atoms with Crippen LogP contribution in [-0.2, 0) is 6.54 Å². The van der Waals surface area contributed by atoms with Crippen molar-refractivity contribution in [2.75, 3.05) is 18.1 Å². The Kier molecular flexibility index (Phi) is 6.52. The highest BCUT2D eigenvalue weighted by molar-refractivity contribution is 9.10. The molecular weight excluding hydrogens is 328 g/mol. The summed E-state index contributed by atoms with van der Waals surface area (Å²) in [4.78, 5) is 2.41. The molecule has 0 bridgehead atoms. The zero-order valence-electron chi connectivity index (χ0n) is 13.1. The van der Waals surface area contributed by atoms with Crippen LogP contribution in [0, 0.1) is 0 Å². The number of hydrogen-bond acceptors (Lipinski definition) is 3. The first-order valence-electron chi connectivity index (χ1n) is 8.01. The molecule has 0 radical (unpaired) electrons. The number of hydrogen-bond donors (Lipinski definition) is 2. The quantitative estimate of drug-likeness (QED) is 0.846. The summed E-state index contributed by atoms with van der Waals surface area (Å²) in [6, 6.07) is 7.21. The minimum Gasteiger partial charge on any atom is -0.394 e. The number of nitrogens with one attached hydrogen (secondary N) is 1. The highest BCUT2D eigenvalue weighted by Gasteiger charge is 2.22. The van der Waals surface area contributed by atoms with Gasteiger partial charge in [-0.25, -0.2) is 0 Å². The molecule has 1 unspecified atom stereocenters. The van der Waals surface area contributed by atoms with E-state index in [2.05, 4.69) is 58.2 Å². The number of anilines is 1. The lowest BCUT2D eigenvalue weighted by molar-refractivity contribution is 0.255. The van der Waals surface area contributed by atoms with Crippen LogP contribution in [0.4, 0.5) is 5.69 Å². The number of halogens is 1. The summed E-state index contributed by atoms with van der Waals surface area (Å²) in [5.74, 6) is 0. The molecule has 4 heteroatoms. The summed E-state index contributed by atoms with van der Waals surface area (Å²) in [6.45, 7) is 6.48. The Morgan fingerprint density at radius 3 is 2.86 bits per heavy atom. The lowest BCUT2D eigenvalue weighted by atomic mass is 10.1. The van der Waals surface area contributed by atoms with Gasteiger partial charge in [0.2, 0.25) is 0 Å². The van der Waals surface area contributed by atoms with Crippen molar-refractivity contribution >= 4 is 21.6 Å². The maximum atomic E-state index is 9.76. The monoisotopic (exact) mass is 354 g/mol. The zero-order chi connectivity index (χ0) is 15.2. The van der Waals surface area contributed by atoms with Gasteiger partial charge in [0.1, 0.15) is 0 Å². The van der Waals surface area contributed by atoms with Crippen LogP contribution in [-0.4, -0.2) is 30.3 Å². The van der Waals surface area contributed by atoms with Gasteiger partial charge in [0, 0.05) is 29.3 Å². The summed E-state index contributed by atoms with van der Waals surface area (Å²) in [6.07, 6.45) is 4.77. The predicted octanol–water partition coefficient (Wildman–Crippen LogP) is 3.69. The van der Waals surface area contributed by atoms with Crippen LogP contribution in [0.3, 0.4) is 0 Å². The second-order valence-corrected chi connectivity index (χ2v) is 7.10. The molecule has 0 aliphatic carbocycles. The standard InChI is InChI=1S/C17H27BrN2O/c1-13(2)19-11-14-7-8-15(18)10-17(14)20-9-5-3-4-6-16(20)12-21/h7-8,10,13,16,19,21H,3-6,9,11-12H2,1-2H3. The maximum absolute atomic E-state index is 9.76. The van der Waals surface area contributed by atoms with Gasteiger partial charge in [-0.1, -0.05) is 48.7 Å². The second kappa shape index (κ2) is 8.16. The molecule has 21 heavy (non-hydrogen) atoms. The fraction of sp³-hybridized carbons (Fsp3) is 0.647. The Morgan fingerprint density at radius 1 is 1.33 bits per heavy atom. The van der Waals surface area contributed by atoms with Crippen molar-refractivity contribution in [3.63, 3.8) is 0 Å². The van der Waals surface area contributed by atoms with Gasteiger partial charge in [0.05, 0.1) is 12.6 Å². The zero-order valence-corrected chi connectivity index (χ0v) is 14.7. The van der Waals surface area contributed by atoms with Crippen molar-refractivity contribution in [3.8, 4) is 0 Å². The van der Waals surface area contributed by atoms with Gasteiger partial charge >= 0.3 is 0 Å². The highest BCUT2D eigenvalue weighted by atomic mass is 79.9. The van der Waals surface area contributed by atoms with E-state index >= 15 is 0 Å². The molecule has 0 spiro atoms. The first kappa shape index (κ1) is 16.8. The van der Waals surface area contributed by atoms with Gasteiger partial charge < -0.3 is 15.3 Å². The van der Waals surface area contributed by atoms with E-state index in [9.17, 15) is 5.11 Å². The van der Waals surface area contributed by atoms with Crippen LogP contribution in [0.2, 0.25) is 0 Å². The van der Waals surface area contributed by atoms with Gasteiger partial charge in [-0.05, 0) is 30.5 Å². The molecule has 118 valence electrons. The van der Waals surface area contributed by atoms with Crippen LogP contribution < -0.4 is 10.2 Å². The van der Waals surface area contributed by atoms with E-state index in [1.165, 1.54) is 30.5 Å². The molecular formula is C17H27BrN2O. The number of nitrogens with zero attached hydrogens (tertiary/aromatic N) is 1. The van der Waals surface area contributed by atoms with E-state index in [0.717, 1.165) is 24.0 Å². The molecule has 0 amide bonds. The summed E-state index contributed by atoms with van der Waals surface area (Å²) in [7, 11) is 0. The normalized spacial score (nSPS) is 19.9. The Balaban J connectivity index is 2.27. The average Bonchev–Trinajstić information content (AvgIpc) is 2.70. The Labute approximate surface area is 136 Å². The average molecular weight is 355 g/mol. The lowest BCUT2D eigenvalue weighted by Crippen LogP contribution is -2.38. The molecule has 0 aromatic heterocycles. The van der Waals surface area contributed by atoms with Crippen LogP contribution in [0.15, 0.2) is 22.7 Å². The van der Waals surface area contributed by atoms with Gasteiger partial charge in [0.15, 0.2) is 0 Å². The fourth-order valence-corrected chi connectivity index (χ4v) is 3.30. The van der Waals surface area contributed by atoms with Crippen LogP contribution >= 0.6 is 15.9 Å². The summed E-state index contributed by atoms with van der Waals surface area (Å²) >= 11 is 3.59. The molecule has 3 nitrogen and oxygen atoms in total. The van der Waals surface area contributed by atoms with E-state index < -0.39 is 0 Å². The summed E-state index contributed by atoms with van der Waals surface area (Å²) in [5, 5.41) is 13.3. The molecule has 1 atom stereocenters. The van der Waals surface area contributed by atoms with Crippen molar-refractivity contribution in [1.82, 2.24) is 5.32 Å². The maximum Gasteiger partial charge on any atom is 0.0635 e. The van der Waals surface area contributed by atoms with Gasteiger partial charge in [-0.2, -0.15) is 0 Å². The summed E-state index contributed by atoms with van der Waals surface area (Å²) in [5.41, 5.74) is 2.57. The van der Waals surface area contributed by atoms with Crippen LogP contribution in [0.5, 0.6) is 0 Å². The van der Waals surface area contributed by atoms with E-state index in [1.807, 2.05) is 0 Å². The van der Waals surface area contributed by atoms with E-state index in [1.54, 1.807) is 0 Å². The Morgan fingerprint density at radius 2 is 2.14 bits per heavy atom. The smallest absolute Gasteiger partial charge is 0.0635 e. The Hall–Kier alpha value is -0.580. The van der Waals surface area contributed by atoms with Gasteiger partial charge in [0.25, 0.3) is 0 Å². The van der Waals surface area contributed by atoms with Crippen LogP contribution in [0.1, 0.15) is 45.1 Å².